The summed E-state index contributed by atoms with van der Waals surface area (Å²) in [6.45, 7) is 1.96. The van der Waals surface area contributed by atoms with Crippen LogP contribution in [-0.4, -0.2) is 35.1 Å². The van der Waals surface area contributed by atoms with Crippen LogP contribution in [0.2, 0.25) is 15.1 Å². The third-order valence-corrected chi connectivity index (χ3v) is 7.66. The second-order valence-corrected chi connectivity index (χ2v) is 11.2. The Morgan fingerprint density at radius 1 is 1.03 bits per heavy atom. The Morgan fingerprint density at radius 3 is 2.44 bits per heavy atom. The minimum atomic E-state index is -0.567. The molecule has 3 aromatic rings. The first kappa shape index (κ1) is 29.3. The summed E-state index contributed by atoms with van der Waals surface area (Å²) in [5, 5.41) is 3.63. The van der Waals surface area contributed by atoms with Gasteiger partial charge in [0.2, 0.25) is 5.91 Å². The fraction of sp³-hybridized carbons (Fsp3) is 0.148. The van der Waals surface area contributed by atoms with Gasteiger partial charge in [-0.25, -0.2) is 0 Å². The molecule has 202 valence electrons. The largest absolute Gasteiger partial charge is 0.490 e. The fourth-order valence-corrected chi connectivity index (χ4v) is 5.53. The van der Waals surface area contributed by atoms with Crippen LogP contribution in [0.25, 0.3) is 6.08 Å². The number of benzene rings is 3. The number of hydrogen-bond acceptors (Lipinski definition) is 6. The topological polar surface area (TPSA) is 84.9 Å². The number of rotatable bonds is 9. The van der Waals surface area contributed by atoms with Crippen molar-refractivity contribution in [3.8, 4) is 11.5 Å². The van der Waals surface area contributed by atoms with Gasteiger partial charge in [0, 0.05) is 26.3 Å². The first-order chi connectivity index (χ1) is 18.6. The lowest BCUT2D eigenvalue weighted by atomic mass is 10.1. The van der Waals surface area contributed by atoms with E-state index in [4.69, 9.17) is 44.3 Å². The lowest BCUT2D eigenvalue weighted by Crippen LogP contribution is -2.36. The van der Waals surface area contributed by atoms with Crippen LogP contribution in [-0.2, 0) is 16.2 Å². The van der Waals surface area contributed by atoms with Crippen molar-refractivity contribution >= 4 is 91.3 Å². The minimum Gasteiger partial charge on any atom is -0.490 e. The van der Waals surface area contributed by atoms with Gasteiger partial charge >= 0.3 is 0 Å². The molecule has 3 aromatic carbocycles. The van der Waals surface area contributed by atoms with Gasteiger partial charge in [-0.2, -0.15) is 0 Å². The van der Waals surface area contributed by atoms with Crippen LogP contribution in [0, 0.1) is 0 Å². The van der Waals surface area contributed by atoms with Crippen molar-refractivity contribution in [2.24, 2.45) is 0 Å². The molecular weight excluding hydrogens is 651 g/mol. The molecule has 1 aliphatic rings. The second kappa shape index (κ2) is 13.1. The standard InChI is InChI=1S/C27H20BrCl3N2O5S/c1-2-37-22-10-15(9-20(28)25(22)38-14-16-3-4-18(30)12-21(16)31)11-23-26(35)33(27(36)39-23)13-24(34)32-19-7-5-17(29)6-8-19/h3-12H,2,13-14H2,1H3,(H,32,34)/b23-11-. The van der Waals surface area contributed by atoms with E-state index in [1.807, 2.05) is 6.92 Å². The highest BCUT2D eigenvalue weighted by Gasteiger charge is 2.36. The molecule has 0 aromatic heterocycles. The number of nitrogens with zero attached hydrogens (tertiary/aromatic N) is 1. The Morgan fingerprint density at radius 2 is 1.74 bits per heavy atom. The summed E-state index contributed by atoms with van der Waals surface area (Å²) >= 11 is 22.4. The zero-order valence-electron chi connectivity index (χ0n) is 20.3. The number of ether oxygens (including phenoxy) is 2. The zero-order valence-corrected chi connectivity index (χ0v) is 25.0. The number of halogens is 4. The van der Waals surface area contributed by atoms with Crippen molar-refractivity contribution in [1.82, 2.24) is 4.90 Å². The van der Waals surface area contributed by atoms with Crippen LogP contribution < -0.4 is 14.8 Å². The lowest BCUT2D eigenvalue weighted by Gasteiger charge is -2.15. The number of hydrogen-bond donors (Lipinski definition) is 1. The SMILES string of the molecule is CCOc1cc(/C=C2\SC(=O)N(CC(=O)Nc3ccc(Cl)cc3)C2=O)cc(Br)c1OCc1ccc(Cl)cc1Cl. The molecule has 0 bridgehead atoms. The van der Waals surface area contributed by atoms with E-state index in [0.29, 0.717) is 48.9 Å². The number of imide groups is 1. The maximum atomic E-state index is 13.0. The summed E-state index contributed by atoms with van der Waals surface area (Å²) in [6.07, 6.45) is 1.56. The Bertz CT molecular complexity index is 1470. The van der Waals surface area contributed by atoms with E-state index >= 15 is 0 Å². The van der Waals surface area contributed by atoms with Gasteiger partial charge in [0.05, 0.1) is 16.0 Å². The zero-order chi connectivity index (χ0) is 28.1. The van der Waals surface area contributed by atoms with Crippen LogP contribution in [0.15, 0.2) is 64.0 Å². The van der Waals surface area contributed by atoms with E-state index in [9.17, 15) is 14.4 Å². The van der Waals surface area contributed by atoms with Crippen LogP contribution >= 0.6 is 62.5 Å². The van der Waals surface area contributed by atoms with Gasteiger partial charge in [0.25, 0.3) is 11.1 Å². The lowest BCUT2D eigenvalue weighted by molar-refractivity contribution is -0.127. The van der Waals surface area contributed by atoms with Gasteiger partial charge in [0.1, 0.15) is 13.2 Å². The van der Waals surface area contributed by atoms with Gasteiger partial charge in [0.15, 0.2) is 11.5 Å². The highest BCUT2D eigenvalue weighted by molar-refractivity contribution is 9.10. The predicted molar refractivity (Wildman–Crippen MR) is 159 cm³/mol. The minimum absolute atomic E-state index is 0.172. The number of thioether (sulfide) groups is 1. The second-order valence-electron chi connectivity index (χ2n) is 8.11. The van der Waals surface area contributed by atoms with Crippen LogP contribution in [0.3, 0.4) is 0 Å². The first-order valence-electron chi connectivity index (χ1n) is 11.5. The molecule has 1 fully saturated rings. The molecule has 7 nitrogen and oxygen atoms in total. The Hall–Kier alpha value is -2.69. The van der Waals surface area contributed by atoms with E-state index in [2.05, 4.69) is 21.2 Å². The molecule has 0 atom stereocenters. The predicted octanol–water partition coefficient (Wildman–Crippen LogP) is 8.06. The molecule has 0 aliphatic carbocycles. The summed E-state index contributed by atoms with van der Waals surface area (Å²) in [6, 6.07) is 15.1. The van der Waals surface area contributed by atoms with Gasteiger partial charge < -0.3 is 14.8 Å². The van der Waals surface area contributed by atoms with Crippen molar-refractivity contribution in [3.05, 3.63) is 90.2 Å². The number of carbonyl (C=O) groups is 3. The monoisotopic (exact) mass is 668 g/mol. The van der Waals surface area contributed by atoms with Crippen molar-refractivity contribution in [2.45, 2.75) is 13.5 Å². The number of anilines is 1. The summed E-state index contributed by atoms with van der Waals surface area (Å²) in [5.41, 5.74) is 1.84. The third kappa shape index (κ3) is 7.49. The van der Waals surface area contributed by atoms with Crippen molar-refractivity contribution in [3.63, 3.8) is 0 Å². The molecule has 1 aliphatic heterocycles. The third-order valence-electron chi connectivity index (χ3n) is 5.32. The Labute approximate surface area is 252 Å². The molecular formula is C27H20BrCl3N2O5S. The maximum absolute atomic E-state index is 13.0. The van der Waals surface area contributed by atoms with E-state index in [0.717, 1.165) is 22.2 Å². The highest BCUT2D eigenvalue weighted by Crippen LogP contribution is 2.40. The van der Waals surface area contributed by atoms with Crippen LogP contribution in [0.5, 0.6) is 11.5 Å². The van der Waals surface area contributed by atoms with E-state index < -0.39 is 23.6 Å². The van der Waals surface area contributed by atoms with Gasteiger partial charge in [-0.15, -0.1) is 0 Å². The molecule has 3 amide bonds. The Kier molecular flexibility index (Phi) is 9.85. The summed E-state index contributed by atoms with van der Waals surface area (Å²) < 4.78 is 12.4. The molecule has 4 rings (SSSR count). The molecule has 0 unspecified atom stereocenters. The van der Waals surface area contributed by atoms with Crippen LogP contribution in [0.4, 0.5) is 10.5 Å². The van der Waals surface area contributed by atoms with Gasteiger partial charge in [-0.05, 0) is 94.8 Å². The normalized spacial score (nSPS) is 14.2. The van der Waals surface area contributed by atoms with E-state index in [1.165, 1.54) is 0 Å². The van der Waals surface area contributed by atoms with E-state index in [1.54, 1.807) is 60.7 Å². The van der Waals surface area contributed by atoms with Gasteiger partial charge in [-0.1, -0.05) is 40.9 Å². The molecule has 0 spiro atoms. The molecule has 12 heteroatoms. The molecule has 0 radical (unpaired) electrons. The summed E-state index contributed by atoms with van der Waals surface area (Å²) in [4.78, 5) is 39.0. The molecule has 0 saturated carbocycles. The van der Waals surface area contributed by atoms with Crippen molar-refractivity contribution in [1.29, 1.82) is 0 Å². The molecule has 1 heterocycles. The summed E-state index contributed by atoms with van der Waals surface area (Å²) in [7, 11) is 0. The van der Waals surface area contributed by atoms with Crippen LogP contribution in [0.1, 0.15) is 18.1 Å². The highest BCUT2D eigenvalue weighted by atomic mass is 79.9. The van der Waals surface area contributed by atoms with E-state index in [-0.39, 0.29) is 11.5 Å². The molecule has 1 N–H and O–H groups in total. The number of amides is 3. The number of nitrogens with one attached hydrogen (secondary N) is 1. The number of carbonyl (C=O) groups excluding carboxylic acids is 3. The van der Waals surface area contributed by atoms with Gasteiger partial charge in [-0.3, -0.25) is 19.3 Å². The van der Waals surface area contributed by atoms with Crippen molar-refractivity contribution in [2.75, 3.05) is 18.5 Å². The fourth-order valence-electron chi connectivity index (χ4n) is 3.53. The Balaban J connectivity index is 1.49. The average molecular weight is 671 g/mol. The van der Waals surface area contributed by atoms with Crippen molar-refractivity contribution < 1.29 is 23.9 Å². The average Bonchev–Trinajstić information content (AvgIpc) is 3.13. The summed E-state index contributed by atoms with van der Waals surface area (Å²) in [5.74, 6) is -0.190. The maximum Gasteiger partial charge on any atom is 0.294 e. The molecule has 39 heavy (non-hydrogen) atoms. The first-order valence-corrected chi connectivity index (χ1v) is 14.2. The quantitative estimate of drug-likeness (QED) is 0.232. The molecule has 1 saturated heterocycles. The smallest absolute Gasteiger partial charge is 0.294 e.